The first-order valence-corrected chi connectivity index (χ1v) is 12.4. The quantitative estimate of drug-likeness (QED) is 0.735. The number of hydrogen-bond donors (Lipinski definition) is 1. The van der Waals surface area contributed by atoms with Gasteiger partial charge in [0, 0.05) is 64.7 Å². The van der Waals surface area contributed by atoms with Crippen molar-refractivity contribution in [1.29, 1.82) is 0 Å². The maximum absolute atomic E-state index is 12.9. The fourth-order valence-electron chi connectivity index (χ4n) is 4.18. The number of rotatable bonds is 6. The zero-order valence-electron chi connectivity index (χ0n) is 18.2. The average Bonchev–Trinajstić information content (AvgIpc) is 3.15. The Bertz CT molecular complexity index is 1020. The maximum Gasteiger partial charge on any atom is 0.270 e. The number of sulfonamides is 1. The highest BCUT2D eigenvalue weighted by Crippen LogP contribution is 2.22. The molecule has 168 valence electrons. The second-order valence-corrected chi connectivity index (χ2v) is 10.0. The van der Waals surface area contributed by atoms with Gasteiger partial charge in [0.25, 0.3) is 15.9 Å². The number of aromatic nitrogens is 1. The summed E-state index contributed by atoms with van der Waals surface area (Å²) in [6.07, 6.45) is 2.35. The van der Waals surface area contributed by atoms with Gasteiger partial charge in [0.2, 0.25) is 0 Å². The molecule has 31 heavy (non-hydrogen) atoms. The molecule has 2 aliphatic rings. The highest BCUT2D eigenvalue weighted by molar-refractivity contribution is 7.92. The van der Waals surface area contributed by atoms with Gasteiger partial charge in [-0.25, -0.2) is 8.42 Å². The number of aryl methyl sites for hydroxylation is 1. The van der Waals surface area contributed by atoms with Gasteiger partial charge in [0.1, 0.15) is 10.6 Å². The first kappa shape index (κ1) is 21.9. The lowest BCUT2D eigenvalue weighted by molar-refractivity contribution is 0.0796. The first-order valence-electron chi connectivity index (χ1n) is 10.9. The number of amides is 1. The third-order valence-corrected chi connectivity index (χ3v) is 7.51. The molecule has 0 bridgehead atoms. The number of hydrogen-bond acceptors (Lipinski definition) is 5. The molecule has 9 heteroatoms. The van der Waals surface area contributed by atoms with Gasteiger partial charge >= 0.3 is 0 Å². The van der Waals surface area contributed by atoms with E-state index in [4.69, 9.17) is 0 Å². The van der Waals surface area contributed by atoms with E-state index >= 15 is 0 Å². The molecule has 1 N–H and O–H groups in total. The molecule has 1 amide bonds. The molecule has 4 rings (SSSR count). The second kappa shape index (κ2) is 9.02. The number of carbonyl (C=O) groups excluding carboxylic acids is 1. The summed E-state index contributed by atoms with van der Waals surface area (Å²) in [6.45, 7) is 9.73. The fourth-order valence-corrected chi connectivity index (χ4v) is 5.28. The Labute approximate surface area is 184 Å². The highest BCUT2D eigenvalue weighted by atomic mass is 32.2. The number of nitrogens with one attached hydrogen (secondary N) is 1. The maximum atomic E-state index is 12.9. The predicted molar refractivity (Wildman–Crippen MR) is 121 cm³/mol. The summed E-state index contributed by atoms with van der Waals surface area (Å²) in [5, 5.41) is 0. The minimum Gasteiger partial charge on any atom is -0.342 e. The van der Waals surface area contributed by atoms with Crippen LogP contribution in [0.1, 0.15) is 29.4 Å². The van der Waals surface area contributed by atoms with E-state index in [0.717, 1.165) is 51.3 Å². The van der Waals surface area contributed by atoms with Gasteiger partial charge in [-0.2, -0.15) is 0 Å². The third-order valence-electron chi connectivity index (χ3n) is 6.16. The smallest absolute Gasteiger partial charge is 0.270 e. The standard InChI is InChI=1S/C22H31N5O3S/c1-3-25-11-13-26(14-12-25)16-18-5-7-19(8-6-18)23-31(29,30)20-15-21-22(28)24(2)9-4-10-27(21)17-20/h5-8,15,17,23H,3-4,9-14,16H2,1-2H3. The molecule has 1 aromatic heterocycles. The molecule has 2 aliphatic heterocycles. The summed E-state index contributed by atoms with van der Waals surface area (Å²) < 4.78 is 30.2. The molecule has 8 nitrogen and oxygen atoms in total. The average molecular weight is 446 g/mol. The summed E-state index contributed by atoms with van der Waals surface area (Å²) in [4.78, 5) is 19.1. The van der Waals surface area contributed by atoms with Crippen molar-refractivity contribution in [2.45, 2.75) is 31.3 Å². The Morgan fingerprint density at radius 1 is 0.968 bits per heavy atom. The lowest BCUT2D eigenvalue weighted by Crippen LogP contribution is -2.45. The Kier molecular flexibility index (Phi) is 6.36. The van der Waals surface area contributed by atoms with Crippen LogP contribution in [-0.4, -0.2) is 79.9 Å². The lowest BCUT2D eigenvalue weighted by Gasteiger charge is -2.34. The molecule has 0 saturated carbocycles. The van der Waals surface area contributed by atoms with Gasteiger partial charge in [0.05, 0.1) is 0 Å². The van der Waals surface area contributed by atoms with Crippen LogP contribution in [0, 0.1) is 0 Å². The van der Waals surface area contributed by atoms with E-state index in [1.54, 1.807) is 34.8 Å². The molecule has 3 heterocycles. The number of benzene rings is 1. The molecular weight excluding hydrogens is 414 g/mol. The molecule has 0 spiro atoms. The van der Waals surface area contributed by atoms with Gasteiger partial charge in [-0.05, 0) is 36.7 Å². The monoisotopic (exact) mass is 445 g/mol. The topological polar surface area (TPSA) is 77.9 Å². The van der Waals surface area contributed by atoms with Crippen LogP contribution >= 0.6 is 0 Å². The number of fused-ring (bicyclic) bond motifs is 1. The van der Waals surface area contributed by atoms with Gasteiger partial charge in [-0.15, -0.1) is 0 Å². The minimum absolute atomic E-state index is 0.115. The number of anilines is 1. The van der Waals surface area contributed by atoms with Crippen molar-refractivity contribution in [2.24, 2.45) is 0 Å². The van der Waals surface area contributed by atoms with Crippen LogP contribution in [0.4, 0.5) is 5.69 Å². The normalized spacial score (nSPS) is 18.6. The van der Waals surface area contributed by atoms with E-state index in [-0.39, 0.29) is 10.8 Å². The van der Waals surface area contributed by atoms with Crippen LogP contribution in [0.15, 0.2) is 41.4 Å². The molecular formula is C22H31N5O3S. The lowest BCUT2D eigenvalue weighted by atomic mass is 10.2. The summed E-state index contributed by atoms with van der Waals surface area (Å²) in [5.41, 5.74) is 2.10. The number of carbonyl (C=O) groups is 1. The first-order chi connectivity index (χ1) is 14.9. The van der Waals surface area contributed by atoms with Crippen LogP contribution in [0.5, 0.6) is 0 Å². The van der Waals surface area contributed by atoms with Crippen LogP contribution in [0.25, 0.3) is 0 Å². The summed E-state index contributed by atoms with van der Waals surface area (Å²) >= 11 is 0. The molecule has 1 aromatic carbocycles. The zero-order chi connectivity index (χ0) is 22.0. The van der Waals surface area contributed by atoms with Gasteiger partial charge in [0.15, 0.2) is 0 Å². The number of likely N-dealkylation sites (N-methyl/N-ethyl adjacent to an activating group) is 1. The second-order valence-electron chi connectivity index (χ2n) is 8.35. The SMILES string of the molecule is CCN1CCN(Cc2ccc(NS(=O)(=O)c3cc4n(c3)CCCN(C)C4=O)cc2)CC1. The number of nitrogens with zero attached hydrogens (tertiary/aromatic N) is 4. The molecule has 0 atom stereocenters. The van der Waals surface area contributed by atoms with E-state index in [9.17, 15) is 13.2 Å². The Balaban J connectivity index is 1.41. The van der Waals surface area contributed by atoms with Crippen molar-refractivity contribution in [2.75, 3.05) is 51.0 Å². The third kappa shape index (κ3) is 4.94. The zero-order valence-corrected chi connectivity index (χ0v) is 19.1. The van der Waals surface area contributed by atoms with Crippen molar-refractivity contribution in [3.8, 4) is 0 Å². The van der Waals surface area contributed by atoms with Crippen molar-refractivity contribution in [1.82, 2.24) is 19.3 Å². The van der Waals surface area contributed by atoms with Gasteiger partial charge < -0.3 is 14.4 Å². The van der Waals surface area contributed by atoms with Crippen molar-refractivity contribution < 1.29 is 13.2 Å². The Hall–Kier alpha value is -2.36. The Morgan fingerprint density at radius 3 is 2.32 bits per heavy atom. The minimum atomic E-state index is -3.77. The van der Waals surface area contributed by atoms with E-state index < -0.39 is 10.0 Å². The van der Waals surface area contributed by atoms with Crippen LogP contribution in [-0.2, 0) is 23.1 Å². The summed E-state index contributed by atoms with van der Waals surface area (Å²) in [6, 6.07) is 9.01. The molecule has 0 aliphatic carbocycles. The molecule has 0 unspecified atom stereocenters. The largest absolute Gasteiger partial charge is 0.342 e. The molecule has 0 radical (unpaired) electrons. The van der Waals surface area contributed by atoms with Crippen LogP contribution in [0.2, 0.25) is 0 Å². The van der Waals surface area contributed by atoms with E-state index in [1.807, 2.05) is 12.1 Å². The van der Waals surface area contributed by atoms with Crippen molar-refractivity contribution in [3.05, 3.63) is 47.8 Å². The van der Waals surface area contributed by atoms with Crippen molar-refractivity contribution >= 4 is 21.6 Å². The van der Waals surface area contributed by atoms with Crippen LogP contribution in [0.3, 0.4) is 0 Å². The molecule has 2 aromatic rings. The van der Waals surface area contributed by atoms with E-state index in [2.05, 4.69) is 21.4 Å². The predicted octanol–water partition coefficient (Wildman–Crippen LogP) is 1.90. The highest BCUT2D eigenvalue weighted by Gasteiger charge is 2.25. The Morgan fingerprint density at radius 2 is 1.65 bits per heavy atom. The van der Waals surface area contributed by atoms with Crippen molar-refractivity contribution in [3.63, 3.8) is 0 Å². The van der Waals surface area contributed by atoms with Gasteiger partial charge in [-0.1, -0.05) is 19.1 Å². The van der Waals surface area contributed by atoms with E-state index in [0.29, 0.717) is 24.5 Å². The number of piperazine rings is 1. The fraction of sp³-hybridized carbons (Fsp3) is 0.500. The summed E-state index contributed by atoms with van der Waals surface area (Å²) in [5.74, 6) is -0.150. The van der Waals surface area contributed by atoms with Gasteiger partial charge in [-0.3, -0.25) is 14.4 Å². The summed E-state index contributed by atoms with van der Waals surface area (Å²) in [7, 11) is -2.03. The van der Waals surface area contributed by atoms with E-state index in [1.165, 1.54) is 6.07 Å². The molecule has 1 fully saturated rings. The van der Waals surface area contributed by atoms with Crippen LogP contribution < -0.4 is 4.72 Å². The molecule has 1 saturated heterocycles.